The molecule has 1 heterocycles. The van der Waals surface area contributed by atoms with Crippen molar-refractivity contribution in [2.45, 2.75) is 64.5 Å². The maximum absolute atomic E-state index is 13.4. The minimum absolute atomic E-state index is 0.130. The van der Waals surface area contributed by atoms with Crippen molar-refractivity contribution in [3.8, 4) is 11.1 Å². The van der Waals surface area contributed by atoms with Crippen LogP contribution in [0.4, 0.5) is 0 Å². The molecule has 1 atom stereocenters. The molecule has 1 aliphatic rings. The van der Waals surface area contributed by atoms with Crippen LogP contribution in [0.1, 0.15) is 65.7 Å². The van der Waals surface area contributed by atoms with Gasteiger partial charge in [0.25, 0.3) is 5.91 Å². The van der Waals surface area contributed by atoms with Gasteiger partial charge in [0.15, 0.2) is 0 Å². The largest absolute Gasteiger partial charge is 0.480 e. The first kappa shape index (κ1) is 26.6. The van der Waals surface area contributed by atoms with Gasteiger partial charge in [0.05, 0.1) is 6.33 Å². The van der Waals surface area contributed by atoms with E-state index in [9.17, 15) is 14.7 Å². The molecule has 196 valence electrons. The van der Waals surface area contributed by atoms with E-state index in [0.717, 1.165) is 41.3 Å². The molecule has 0 bridgehead atoms. The Labute approximate surface area is 219 Å². The van der Waals surface area contributed by atoms with Gasteiger partial charge in [-0.05, 0) is 67.2 Å². The number of aromatic amines is 1. The molecule has 0 radical (unpaired) electrons. The number of imidazole rings is 1. The van der Waals surface area contributed by atoms with Gasteiger partial charge in [-0.25, -0.2) is 9.78 Å². The number of hydrogen-bond donors (Lipinski definition) is 3. The number of hydrogen-bond acceptors (Lipinski definition) is 4. The molecule has 0 spiro atoms. The Balaban J connectivity index is 1.53. The summed E-state index contributed by atoms with van der Waals surface area (Å²) in [5.74, 6) is -0.646. The summed E-state index contributed by atoms with van der Waals surface area (Å²) in [6.07, 6.45) is 11.2. The number of carboxylic acids is 1. The zero-order valence-electron chi connectivity index (χ0n) is 21.9. The zero-order chi connectivity index (χ0) is 26.2. The summed E-state index contributed by atoms with van der Waals surface area (Å²) in [6, 6.07) is 12.8. The van der Waals surface area contributed by atoms with Gasteiger partial charge in [0.2, 0.25) is 0 Å². The van der Waals surface area contributed by atoms with Crippen molar-refractivity contribution < 1.29 is 14.7 Å². The van der Waals surface area contributed by atoms with Crippen molar-refractivity contribution in [3.63, 3.8) is 0 Å². The second-order valence-electron chi connectivity index (χ2n) is 10.4. The Bertz CT molecular complexity index is 1190. The molecular weight excluding hydrogens is 464 g/mol. The third kappa shape index (κ3) is 7.29. The van der Waals surface area contributed by atoms with E-state index in [1.165, 1.54) is 44.9 Å². The average molecular weight is 503 g/mol. The number of H-pyrrole nitrogens is 1. The molecule has 2 aromatic carbocycles. The van der Waals surface area contributed by atoms with Crippen molar-refractivity contribution >= 4 is 11.9 Å². The van der Waals surface area contributed by atoms with Crippen LogP contribution in [-0.2, 0) is 17.8 Å². The highest BCUT2D eigenvalue weighted by molar-refractivity contribution is 6.02. The Morgan fingerprint density at radius 1 is 1.14 bits per heavy atom. The number of aromatic nitrogens is 2. The van der Waals surface area contributed by atoms with Crippen molar-refractivity contribution in [2.24, 2.45) is 5.92 Å². The van der Waals surface area contributed by atoms with Crippen LogP contribution in [0.2, 0.25) is 0 Å². The lowest BCUT2D eigenvalue weighted by Crippen LogP contribution is -2.42. The van der Waals surface area contributed by atoms with Gasteiger partial charge in [-0.1, -0.05) is 62.4 Å². The molecule has 1 saturated carbocycles. The van der Waals surface area contributed by atoms with E-state index in [2.05, 4.69) is 33.3 Å². The van der Waals surface area contributed by atoms with Crippen LogP contribution in [-0.4, -0.2) is 51.5 Å². The number of rotatable bonds is 11. The lowest BCUT2D eigenvalue weighted by atomic mass is 9.87. The molecule has 1 amide bonds. The number of amides is 1. The quantitative estimate of drug-likeness (QED) is 0.334. The monoisotopic (exact) mass is 502 g/mol. The van der Waals surface area contributed by atoms with Crippen molar-refractivity contribution in [3.05, 3.63) is 77.4 Å². The highest BCUT2D eigenvalue weighted by atomic mass is 16.4. The molecule has 1 aromatic heterocycles. The van der Waals surface area contributed by atoms with E-state index < -0.39 is 17.9 Å². The van der Waals surface area contributed by atoms with Crippen LogP contribution in [0, 0.1) is 12.8 Å². The Morgan fingerprint density at radius 2 is 1.92 bits per heavy atom. The number of aryl methyl sites for hydroxylation is 1. The van der Waals surface area contributed by atoms with Gasteiger partial charge in [-0.3, -0.25) is 4.79 Å². The fourth-order valence-electron chi connectivity index (χ4n) is 5.31. The third-order valence-corrected chi connectivity index (χ3v) is 7.44. The Kier molecular flexibility index (Phi) is 9.12. The first-order valence-electron chi connectivity index (χ1n) is 13.3. The molecule has 4 rings (SSSR count). The van der Waals surface area contributed by atoms with E-state index in [0.29, 0.717) is 11.3 Å². The number of carbonyl (C=O) groups is 2. The molecule has 0 aliphatic heterocycles. The van der Waals surface area contributed by atoms with E-state index in [4.69, 9.17) is 0 Å². The van der Waals surface area contributed by atoms with E-state index in [-0.39, 0.29) is 6.42 Å². The molecular formula is C30H38N4O3. The van der Waals surface area contributed by atoms with E-state index >= 15 is 0 Å². The van der Waals surface area contributed by atoms with Crippen molar-refractivity contribution in [1.29, 1.82) is 0 Å². The van der Waals surface area contributed by atoms with Crippen molar-refractivity contribution in [1.82, 2.24) is 20.2 Å². The van der Waals surface area contributed by atoms with Gasteiger partial charge in [0, 0.05) is 30.4 Å². The Hall–Kier alpha value is -3.45. The molecule has 37 heavy (non-hydrogen) atoms. The van der Waals surface area contributed by atoms with Crippen LogP contribution in [0.3, 0.4) is 0 Å². The average Bonchev–Trinajstić information content (AvgIpc) is 3.41. The van der Waals surface area contributed by atoms with Gasteiger partial charge in [-0.2, -0.15) is 0 Å². The summed E-state index contributed by atoms with van der Waals surface area (Å²) >= 11 is 0. The second kappa shape index (κ2) is 12.7. The summed E-state index contributed by atoms with van der Waals surface area (Å²) < 4.78 is 0. The minimum atomic E-state index is -1.09. The number of carbonyl (C=O) groups excluding carboxylic acids is 1. The number of aliphatic carboxylic acids is 1. The number of nitrogens with one attached hydrogen (secondary N) is 2. The van der Waals surface area contributed by atoms with Gasteiger partial charge < -0.3 is 20.3 Å². The smallest absolute Gasteiger partial charge is 0.326 e. The highest BCUT2D eigenvalue weighted by Gasteiger charge is 2.24. The van der Waals surface area contributed by atoms with Gasteiger partial charge in [0.1, 0.15) is 6.04 Å². The number of benzene rings is 2. The SMILES string of the molecule is Cc1ccccc1-c1cc(CN(C)CCC2CCCCC2)ccc1C(=O)N[C@H](Cc1cnc[nH]1)C(=O)O. The lowest BCUT2D eigenvalue weighted by Gasteiger charge is -2.25. The molecule has 3 aromatic rings. The highest BCUT2D eigenvalue weighted by Crippen LogP contribution is 2.29. The molecule has 7 heteroatoms. The molecule has 3 N–H and O–H groups in total. The molecule has 0 saturated heterocycles. The molecule has 1 fully saturated rings. The van der Waals surface area contributed by atoms with E-state index in [1.54, 1.807) is 6.20 Å². The second-order valence-corrected chi connectivity index (χ2v) is 10.4. The first-order valence-corrected chi connectivity index (χ1v) is 13.3. The fourth-order valence-corrected chi connectivity index (χ4v) is 5.31. The minimum Gasteiger partial charge on any atom is -0.480 e. The predicted molar refractivity (Wildman–Crippen MR) is 145 cm³/mol. The van der Waals surface area contributed by atoms with Crippen LogP contribution in [0.25, 0.3) is 11.1 Å². The van der Waals surface area contributed by atoms with Gasteiger partial charge >= 0.3 is 5.97 Å². The van der Waals surface area contributed by atoms with Gasteiger partial charge in [-0.15, -0.1) is 0 Å². The topological polar surface area (TPSA) is 98.3 Å². The molecule has 7 nitrogen and oxygen atoms in total. The van der Waals surface area contributed by atoms with Crippen LogP contribution in [0.5, 0.6) is 0 Å². The maximum Gasteiger partial charge on any atom is 0.326 e. The zero-order valence-corrected chi connectivity index (χ0v) is 21.9. The summed E-state index contributed by atoms with van der Waals surface area (Å²) in [5, 5.41) is 12.5. The van der Waals surface area contributed by atoms with Crippen LogP contribution >= 0.6 is 0 Å². The van der Waals surface area contributed by atoms with Crippen molar-refractivity contribution in [2.75, 3.05) is 13.6 Å². The number of nitrogens with zero attached hydrogens (tertiary/aromatic N) is 2. The third-order valence-electron chi connectivity index (χ3n) is 7.44. The number of carboxylic acid groups (broad SMARTS) is 1. The lowest BCUT2D eigenvalue weighted by molar-refractivity contribution is -0.139. The normalized spacial score (nSPS) is 15.0. The maximum atomic E-state index is 13.4. The molecule has 1 aliphatic carbocycles. The standard InChI is InChI=1S/C30H38N4O3/c1-21-8-6-7-11-25(21)27-16-23(19-34(2)15-14-22-9-4-3-5-10-22)12-13-26(27)29(35)33-28(30(36)37)17-24-18-31-20-32-24/h6-8,11-13,16,18,20,22,28H,3-5,9-10,14-15,17,19H2,1-2H3,(H,31,32)(H,33,35)(H,36,37)/t28-/m1/s1. The summed E-state index contributed by atoms with van der Waals surface area (Å²) in [6.45, 7) is 3.88. The summed E-state index contributed by atoms with van der Waals surface area (Å²) in [4.78, 5) is 34.5. The van der Waals surface area contributed by atoms with Crippen LogP contribution < -0.4 is 5.32 Å². The van der Waals surface area contributed by atoms with E-state index in [1.807, 2.05) is 43.3 Å². The Morgan fingerprint density at radius 3 is 2.62 bits per heavy atom. The predicted octanol–water partition coefficient (Wildman–Crippen LogP) is 5.21. The summed E-state index contributed by atoms with van der Waals surface area (Å²) in [5.41, 5.74) is 5.11. The summed E-state index contributed by atoms with van der Waals surface area (Å²) in [7, 11) is 2.16. The fraction of sp³-hybridized carbons (Fsp3) is 0.433. The van der Waals surface area contributed by atoms with Crippen LogP contribution in [0.15, 0.2) is 55.0 Å². The molecule has 0 unspecified atom stereocenters. The first-order chi connectivity index (χ1) is 17.9.